The molecule has 0 atom stereocenters. The van der Waals surface area contributed by atoms with Gasteiger partial charge in [0, 0.05) is 23.5 Å². The van der Waals surface area contributed by atoms with Gasteiger partial charge in [0.2, 0.25) is 5.91 Å². The maximum absolute atomic E-state index is 12.7. The normalized spacial score (nSPS) is 10.9. The number of non-ortho nitro benzene ring substituents is 1. The zero-order chi connectivity index (χ0) is 24.7. The van der Waals surface area contributed by atoms with Crippen molar-refractivity contribution in [3.8, 4) is 11.5 Å². The van der Waals surface area contributed by atoms with Crippen LogP contribution in [0.1, 0.15) is 12.0 Å². The monoisotopic (exact) mass is 485 g/mol. The quantitative estimate of drug-likeness (QED) is 0.325. The number of amides is 1. The summed E-state index contributed by atoms with van der Waals surface area (Å²) in [6.07, 6.45) is 0.118. The molecule has 0 saturated heterocycles. The van der Waals surface area contributed by atoms with Gasteiger partial charge in [0.1, 0.15) is 11.5 Å². The molecular weight excluding hydrogens is 462 g/mol. The fourth-order valence-electron chi connectivity index (χ4n) is 2.98. The van der Waals surface area contributed by atoms with E-state index in [-0.39, 0.29) is 35.2 Å². The van der Waals surface area contributed by atoms with Crippen LogP contribution < -0.4 is 19.5 Å². The van der Waals surface area contributed by atoms with Crippen molar-refractivity contribution in [3.63, 3.8) is 0 Å². The predicted molar refractivity (Wildman–Crippen MR) is 127 cm³/mol. The number of carbonyl (C=O) groups excluding carboxylic acids is 1. The average molecular weight is 486 g/mol. The highest BCUT2D eigenvalue weighted by Crippen LogP contribution is 2.25. The first kappa shape index (κ1) is 24.5. The second-order valence-electron chi connectivity index (χ2n) is 7.21. The van der Waals surface area contributed by atoms with Crippen LogP contribution in [0.25, 0.3) is 0 Å². The molecule has 0 bridgehead atoms. The van der Waals surface area contributed by atoms with Crippen molar-refractivity contribution in [2.75, 3.05) is 23.8 Å². The first-order valence-electron chi connectivity index (χ1n) is 10.1. The van der Waals surface area contributed by atoms with Gasteiger partial charge in [-0.25, -0.2) is 8.42 Å². The van der Waals surface area contributed by atoms with E-state index in [1.165, 1.54) is 24.3 Å². The van der Waals surface area contributed by atoms with Crippen LogP contribution in [0.2, 0.25) is 0 Å². The first-order valence-corrected chi connectivity index (χ1v) is 11.6. The van der Waals surface area contributed by atoms with E-state index >= 15 is 0 Å². The number of nitro groups is 1. The van der Waals surface area contributed by atoms with Crippen LogP contribution in [0, 0.1) is 17.0 Å². The molecule has 0 aliphatic rings. The highest BCUT2D eigenvalue weighted by molar-refractivity contribution is 7.92. The molecule has 11 heteroatoms. The minimum atomic E-state index is -4.04. The molecule has 0 aromatic heterocycles. The van der Waals surface area contributed by atoms with Crippen LogP contribution in [0.5, 0.6) is 11.5 Å². The van der Waals surface area contributed by atoms with Crippen molar-refractivity contribution in [1.29, 1.82) is 0 Å². The number of benzene rings is 3. The summed E-state index contributed by atoms with van der Waals surface area (Å²) >= 11 is 0. The molecule has 10 nitrogen and oxygen atoms in total. The summed E-state index contributed by atoms with van der Waals surface area (Å²) in [5.74, 6) is 1.05. The van der Waals surface area contributed by atoms with E-state index in [0.29, 0.717) is 22.7 Å². The minimum absolute atomic E-state index is 0.118. The van der Waals surface area contributed by atoms with Crippen LogP contribution in [0.4, 0.5) is 17.1 Å². The maximum atomic E-state index is 12.7. The number of hydrogen-bond acceptors (Lipinski definition) is 7. The molecule has 3 aromatic rings. The third kappa shape index (κ3) is 6.45. The van der Waals surface area contributed by atoms with E-state index in [4.69, 9.17) is 9.47 Å². The molecule has 0 radical (unpaired) electrons. The minimum Gasteiger partial charge on any atom is -0.497 e. The van der Waals surface area contributed by atoms with Crippen molar-refractivity contribution >= 4 is 33.0 Å². The highest BCUT2D eigenvalue weighted by atomic mass is 32.2. The number of carbonyl (C=O) groups is 1. The Kier molecular flexibility index (Phi) is 7.69. The molecule has 3 rings (SSSR count). The van der Waals surface area contributed by atoms with Crippen LogP contribution in [0.15, 0.2) is 71.6 Å². The van der Waals surface area contributed by atoms with Crippen LogP contribution in [-0.4, -0.2) is 33.0 Å². The lowest BCUT2D eigenvalue weighted by molar-refractivity contribution is -0.385. The van der Waals surface area contributed by atoms with Gasteiger partial charge in [0.05, 0.1) is 30.0 Å². The number of sulfonamides is 1. The number of rotatable bonds is 10. The summed E-state index contributed by atoms with van der Waals surface area (Å²) in [6.45, 7) is 1.73. The summed E-state index contributed by atoms with van der Waals surface area (Å²) in [5, 5.41) is 13.7. The average Bonchev–Trinajstić information content (AvgIpc) is 2.80. The van der Waals surface area contributed by atoms with E-state index in [0.717, 1.165) is 6.07 Å². The Hall–Kier alpha value is -4.12. The maximum Gasteiger partial charge on any atom is 0.270 e. The van der Waals surface area contributed by atoms with Crippen LogP contribution in [-0.2, 0) is 14.8 Å². The molecule has 2 N–H and O–H groups in total. The number of nitro benzene ring substituents is 1. The van der Waals surface area contributed by atoms with Crippen molar-refractivity contribution in [2.24, 2.45) is 0 Å². The molecule has 34 heavy (non-hydrogen) atoms. The van der Waals surface area contributed by atoms with E-state index in [2.05, 4.69) is 10.0 Å². The lowest BCUT2D eigenvalue weighted by Gasteiger charge is -2.11. The first-order chi connectivity index (χ1) is 16.2. The molecule has 0 fully saturated rings. The second-order valence-corrected chi connectivity index (χ2v) is 8.86. The lowest BCUT2D eigenvalue weighted by atomic mass is 10.2. The third-order valence-electron chi connectivity index (χ3n) is 4.75. The molecule has 0 aliphatic carbocycles. The van der Waals surface area contributed by atoms with Gasteiger partial charge in [-0.05, 0) is 61.0 Å². The number of nitrogens with zero attached hydrogens (tertiary/aromatic N) is 1. The van der Waals surface area contributed by atoms with E-state index in [1.807, 2.05) is 0 Å². The number of anilines is 2. The molecule has 3 aromatic carbocycles. The molecule has 0 unspecified atom stereocenters. The Morgan fingerprint density at radius 1 is 0.971 bits per heavy atom. The number of methoxy groups -OCH3 is 1. The topological polar surface area (TPSA) is 137 Å². The Morgan fingerprint density at radius 2 is 1.59 bits per heavy atom. The van der Waals surface area contributed by atoms with Gasteiger partial charge in [0.25, 0.3) is 15.7 Å². The van der Waals surface area contributed by atoms with Crippen LogP contribution >= 0.6 is 0 Å². The fourth-order valence-corrected chi connectivity index (χ4v) is 4.30. The Balaban J connectivity index is 1.55. The summed E-state index contributed by atoms with van der Waals surface area (Å²) in [4.78, 5) is 22.3. The molecule has 1 amide bonds. The largest absolute Gasteiger partial charge is 0.497 e. The summed E-state index contributed by atoms with van der Waals surface area (Å²) in [6, 6.07) is 16.7. The van der Waals surface area contributed by atoms with Gasteiger partial charge in [-0.15, -0.1) is 0 Å². The zero-order valence-corrected chi connectivity index (χ0v) is 19.3. The number of ether oxygens (including phenoxy) is 2. The molecule has 0 aliphatic heterocycles. The van der Waals surface area contributed by atoms with Gasteiger partial charge in [-0.3, -0.25) is 19.6 Å². The van der Waals surface area contributed by atoms with Crippen molar-refractivity contribution in [3.05, 3.63) is 82.4 Å². The fraction of sp³-hybridized carbons (Fsp3) is 0.174. The predicted octanol–water partition coefficient (Wildman–Crippen LogP) is 4.12. The highest BCUT2D eigenvalue weighted by Gasteiger charge is 2.20. The molecule has 0 spiro atoms. The molecule has 178 valence electrons. The molecule has 0 saturated carbocycles. The molecular formula is C23H23N3O7S. The zero-order valence-electron chi connectivity index (χ0n) is 18.5. The molecule has 0 heterocycles. The summed E-state index contributed by atoms with van der Waals surface area (Å²) in [5.41, 5.74) is 0.773. The van der Waals surface area contributed by atoms with Crippen LogP contribution in [0.3, 0.4) is 0 Å². The van der Waals surface area contributed by atoms with Crippen molar-refractivity contribution < 1.29 is 27.6 Å². The van der Waals surface area contributed by atoms with Gasteiger partial charge in [-0.1, -0.05) is 6.07 Å². The standard InChI is InChI=1S/C23H23N3O7S/c1-16-3-8-19(26(28)29)15-22(16)34(30,31)25-18-6-4-17(5-7-18)24-23(27)13-14-33-21-11-9-20(32-2)10-12-21/h3-12,15,25H,13-14H2,1-2H3,(H,24,27). The third-order valence-corrected chi connectivity index (χ3v) is 6.27. The van der Waals surface area contributed by atoms with E-state index < -0.39 is 14.9 Å². The number of hydrogen-bond donors (Lipinski definition) is 2. The van der Waals surface area contributed by atoms with E-state index in [9.17, 15) is 23.3 Å². The van der Waals surface area contributed by atoms with Crippen molar-refractivity contribution in [2.45, 2.75) is 18.2 Å². The number of nitrogens with one attached hydrogen (secondary N) is 2. The lowest BCUT2D eigenvalue weighted by Crippen LogP contribution is -2.16. The smallest absolute Gasteiger partial charge is 0.270 e. The Bertz CT molecular complexity index is 1270. The van der Waals surface area contributed by atoms with Gasteiger partial charge < -0.3 is 14.8 Å². The van der Waals surface area contributed by atoms with E-state index in [1.54, 1.807) is 50.4 Å². The summed E-state index contributed by atoms with van der Waals surface area (Å²) in [7, 11) is -2.48. The van der Waals surface area contributed by atoms with Gasteiger partial charge in [-0.2, -0.15) is 0 Å². The Labute approximate surface area is 196 Å². The van der Waals surface area contributed by atoms with Crippen molar-refractivity contribution in [1.82, 2.24) is 0 Å². The second kappa shape index (κ2) is 10.7. The summed E-state index contributed by atoms with van der Waals surface area (Å²) < 4.78 is 38.4. The number of aryl methyl sites for hydroxylation is 1. The van der Waals surface area contributed by atoms with Gasteiger partial charge >= 0.3 is 0 Å². The SMILES string of the molecule is COc1ccc(OCCC(=O)Nc2ccc(NS(=O)(=O)c3cc([N+](=O)[O-])ccc3C)cc2)cc1. The Morgan fingerprint density at radius 3 is 2.21 bits per heavy atom. The van der Waals surface area contributed by atoms with Gasteiger partial charge in [0.15, 0.2) is 0 Å².